The maximum Gasteiger partial charge on any atom is 0.325 e. The summed E-state index contributed by atoms with van der Waals surface area (Å²) < 4.78 is 40.3. The molecule has 1 aromatic heterocycles. The molecular weight excluding hydrogens is 339 g/mol. The van der Waals surface area contributed by atoms with Gasteiger partial charge in [0.15, 0.2) is 16.8 Å². The van der Waals surface area contributed by atoms with Crippen LogP contribution in [0.25, 0.3) is 11.1 Å². The second kappa shape index (κ2) is 6.71. The van der Waals surface area contributed by atoms with E-state index in [9.17, 15) is 18.0 Å². The van der Waals surface area contributed by atoms with Crippen LogP contribution in [0, 0.1) is 17.5 Å². The summed E-state index contributed by atoms with van der Waals surface area (Å²) in [5, 5.41) is 6.88. The third-order valence-corrected chi connectivity index (χ3v) is 3.81. The number of urea groups is 1. The molecular formula is C16H10F3N3OS. The molecule has 1 heterocycles. The number of amides is 2. The van der Waals surface area contributed by atoms with Gasteiger partial charge in [-0.25, -0.2) is 22.9 Å². The van der Waals surface area contributed by atoms with Crippen LogP contribution in [0.4, 0.5) is 28.8 Å². The van der Waals surface area contributed by atoms with E-state index in [2.05, 4.69) is 15.6 Å². The molecule has 0 saturated carbocycles. The molecule has 0 saturated heterocycles. The fourth-order valence-electron chi connectivity index (χ4n) is 2.01. The number of nitrogens with zero attached hydrogens (tertiary/aromatic N) is 1. The SMILES string of the molecule is O=C(Nc1nccs1)Nc1ccc(-c2ccc(F)c(F)c2)cc1F. The average molecular weight is 349 g/mol. The summed E-state index contributed by atoms with van der Waals surface area (Å²) in [7, 11) is 0. The van der Waals surface area contributed by atoms with Crippen molar-refractivity contribution in [2.45, 2.75) is 0 Å². The molecule has 0 spiro atoms. The second-order valence-electron chi connectivity index (χ2n) is 4.74. The van der Waals surface area contributed by atoms with Crippen molar-refractivity contribution >= 4 is 28.2 Å². The predicted molar refractivity (Wildman–Crippen MR) is 86.5 cm³/mol. The minimum Gasteiger partial charge on any atom is -0.305 e. The number of anilines is 2. The predicted octanol–water partition coefficient (Wildman–Crippen LogP) is 4.87. The van der Waals surface area contributed by atoms with Gasteiger partial charge in [-0.15, -0.1) is 11.3 Å². The number of benzene rings is 2. The Morgan fingerprint density at radius 1 is 0.917 bits per heavy atom. The van der Waals surface area contributed by atoms with E-state index in [0.29, 0.717) is 16.3 Å². The minimum absolute atomic E-state index is 0.0459. The quantitative estimate of drug-likeness (QED) is 0.709. The van der Waals surface area contributed by atoms with Crippen LogP contribution in [-0.2, 0) is 0 Å². The molecule has 0 aliphatic heterocycles. The van der Waals surface area contributed by atoms with E-state index in [0.717, 1.165) is 18.2 Å². The first-order valence-corrected chi connectivity index (χ1v) is 7.63. The number of carbonyl (C=O) groups is 1. The molecule has 0 unspecified atom stereocenters. The highest BCUT2D eigenvalue weighted by Gasteiger charge is 2.11. The zero-order valence-electron chi connectivity index (χ0n) is 12.0. The van der Waals surface area contributed by atoms with Crippen molar-refractivity contribution in [3.63, 3.8) is 0 Å². The van der Waals surface area contributed by atoms with E-state index in [4.69, 9.17) is 0 Å². The lowest BCUT2D eigenvalue weighted by Gasteiger charge is -2.09. The van der Waals surface area contributed by atoms with Gasteiger partial charge in [0, 0.05) is 11.6 Å². The van der Waals surface area contributed by atoms with Crippen LogP contribution in [0.2, 0.25) is 0 Å². The molecule has 122 valence electrons. The number of hydrogen-bond donors (Lipinski definition) is 2. The Morgan fingerprint density at radius 2 is 1.62 bits per heavy atom. The molecule has 0 fully saturated rings. The molecule has 3 aromatic rings. The van der Waals surface area contributed by atoms with Crippen LogP contribution >= 0.6 is 11.3 Å². The summed E-state index contributed by atoms with van der Waals surface area (Å²) in [5.41, 5.74) is 0.638. The highest BCUT2D eigenvalue weighted by atomic mass is 32.1. The summed E-state index contributed by atoms with van der Waals surface area (Å²) in [5.74, 6) is -2.69. The Kier molecular flexibility index (Phi) is 4.48. The van der Waals surface area contributed by atoms with Crippen LogP contribution in [0.1, 0.15) is 0 Å². The molecule has 2 aromatic carbocycles. The van der Waals surface area contributed by atoms with E-state index in [-0.39, 0.29) is 5.69 Å². The topological polar surface area (TPSA) is 54.0 Å². The molecule has 0 aliphatic rings. The smallest absolute Gasteiger partial charge is 0.305 e. The molecule has 0 aliphatic carbocycles. The van der Waals surface area contributed by atoms with E-state index in [1.54, 1.807) is 5.38 Å². The van der Waals surface area contributed by atoms with Crippen LogP contribution in [0.5, 0.6) is 0 Å². The summed E-state index contributed by atoms with van der Waals surface area (Å²) in [6.45, 7) is 0. The number of nitrogens with one attached hydrogen (secondary N) is 2. The molecule has 2 amide bonds. The number of halogens is 3. The molecule has 4 nitrogen and oxygen atoms in total. The first-order valence-electron chi connectivity index (χ1n) is 6.75. The summed E-state index contributed by atoms with van der Waals surface area (Å²) >= 11 is 1.23. The molecule has 24 heavy (non-hydrogen) atoms. The normalized spacial score (nSPS) is 10.5. The third kappa shape index (κ3) is 3.54. The van der Waals surface area contributed by atoms with Crippen LogP contribution in [-0.4, -0.2) is 11.0 Å². The zero-order valence-corrected chi connectivity index (χ0v) is 12.8. The highest BCUT2D eigenvalue weighted by molar-refractivity contribution is 7.13. The fraction of sp³-hybridized carbons (Fsp3) is 0. The molecule has 3 rings (SSSR count). The average Bonchev–Trinajstić information content (AvgIpc) is 3.05. The van der Waals surface area contributed by atoms with Crippen molar-refractivity contribution in [1.82, 2.24) is 4.98 Å². The Morgan fingerprint density at radius 3 is 2.25 bits per heavy atom. The van der Waals surface area contributed by atoms with Crippen molar-refractivity contribution in [2.24, 2.45) is 0 Å². The van der Waals surface area contributed by atoms with Gasteiger partial charge < -0.3 is 5.32 Å². The van der Waals surface area contributed by atoms with Crippen molar-refractivity contribution < 1.29 is 18.0 Å². The Balaban J connectivity index is 1.77. The number of hydrogen-bond acceptors (Lipinski definition) is 3. The van der Waals surface area contributed by atoms with Gasteiger partial charge in [0.25, 0.3) is 0 Å². The van der Waals surface area contributed by atoms with Gasteiger partial charge in [0.1, 0.15) is 5.82 Å². The molecule has 0 radical (unpaired) electrons. The van der Waals surface area contributed by atoms with Crippen molar-refractivity contribution in [3.05, 3.63) is 65.4 Å². The maximum atomic E-state index is 14.1. The lowest BCUT2D eigenvalue weighted by Crippen LogP contribution is -2.19. The monoisotopic (exact) mass is 349 g/mol. The van der Waals surface area contributed by atoms with E-state index < -0.39 is 23.5 Å². The summed E-state index contributed by atoms with van der Waals surface area (Å²) in [6.07, 6.45) is 1.53. The van der Waals surface area contributed by atoms with Gasteiger partial charge in [0.2, 0.25) is 0 Å². The Bertz CT molecular complexity index is 884. The zero-order chi connectivity index (χ0) is 17.1. The van der Waals surface area contributed by atoms with Crippen molar-refractivity contribution in [3.8, 4) is 11.1 Å². The number of aromatic nitrogens is 1. The number of thiazole rings is 1. The van der Waals surface area contributed by atoms with E-state index >= 15 is 0 Å². The van der Waals surface area contributed by atoms with Crippen LogP contribution in [0.3, 0.4) is 0 Å². The lowest BCUT2D eigenvalue weighted by molar-refractivity contribution is 0.262. The summed E-state index contributed by atoms with van der Waals surface area (Å²) in [6, 6.07) is 6.62. The minimum atomic E-state index is -1.02. The Hall–Kier alpha value is -2.87. The maximum absolute atomic E-state index is 14.1. The molecule has 0 atom stereocenters. The van der Waals surface area contributed by atoms with E-state index in [1.165, 1.54) is 35.7 Å². The first kappa shape index (κ1) is 16.0. The lowest BCUT2D eigenvalue weighted by atomic mass is 10.0. The van der Waals surface area contributed by atoms with Gasteiger partial charge in [-0.3, -0.25) is 5.32 Å². The van der Waals surface area contributed by atoms with Gasteiger partial charge in [0.05, 0.1) is 5.69 Å². The first-order chi connectivity index (χ1) is 11.5. The third-order valence-electron chi connectivity index (χ3n) is 3.12. The molecule has 2 N–H and O–H groups in total. The molecule has 8 heteroatoms. The highest BCUT2D eigenvalue weighted by Crippen LogP contribution is 2.26. The largest absolute Gasteiger partial charge is 0.325 e. The molecule has 0 bridgehead atoms. The Labute approximate surface area is 139 Å². The number of rotatable bonds is 3. The standard InChI is InChI=1S/C16H10F3N3OS/c17-11-3-1-9(7-12(11)18)10-2-4-14(13(19)8-10)21-15(23)22-16-20-5-6-24-16/h1-8H,(H2,20,21,22,23). The second-order valence-corrected chi connectivity index (χ2v) is 5.63. The van der Waals surface area contributed by atoms with Crippen LogP contribution in [0.15, 0.2) is 48.0 Å². The van der Waals surface area contributed by atoms with Crippen molar-refractivity contribution in [1.29, 1.82) is 0 Å². The van der Waals surface area contributed by atoms with Crippen LogP contribution < -0.4 is 10.6 Å². The van der Waals surface area contributed by atoms with Gasteiger partial charge in [-0.2, -0.15) is 0 Å². The van der Waals surface area contributed by atoms with E-state index in [1.807, 2.05) is 0 Å². The van der Waals surface area contributed by atoms with Crippen molar-refractivity contribution in [2.75, 3.05) is 10.6 Å². The van der Waals surface area contributed by atoms with Gasteiger partial charge in [-0.05, 0) is 35.4 Å². The van der Waals surface area contributed by atoms with Gasteiger partial charge in [-0.1, -0.05) is 12.1 Å². The fourth-order valence-corrected chi connectivity index (χ4v) is 2.53. The summed E-state index contributed by atoms with van der Waals surface area (Å²) in [4.78, 5) is 15.6. The van der Waals surface area contributed by atoms with Gasteiger partial charge >= 0.3 is 6.03 Å². The number of carbonyl (C=O) groups excluding carboxylic acids is 1.